The fourth-order valence-electron chi connectivity index (χ4n) is 2.70. The van der Waals surface area contributed by atoms with Gasteiger partial charge in [-0.2, -0.15) is 10.1 Å². The molecule has 0 bridgehead atoms. The summed E-state index contributed by atoms with van der Waals surface area (Å²) in [5, 5.41) is 14.7. The Morgan fingerprint density at radius 2 is 1.72 bits per heavy atom. The molecule has 5 heteroatoms. The van der Waals surface area contributed by atoms with E-state index in [1.54, 1.807) is 6.20 Å². The van der Waals surface area contributed by atoms with Crippen LogP contribution in [0.5, 0.6) is 0 Å². The molecule has 2 aromatic carbocycles. The Labute approximate surface area is 148 Å². The number of hydrogen-bond donors (Lipinski definition) is 2. The number of nitrogens with one attached hydrogen (secondary N) is 2. The van der Waals surface area contributed by atoms with Crippen LogP contribution in [-0.2, 0) is 12.8 Å². The largest absolute Gasteiger partial charge is 0.338 e. The zero-order valence-electron chi connectivity index (χ0n) is 14.9. The minimum atomic E-state index is 0.473. The number of nitrogens with zero attached hydrogens (tertiary/aromatic N) is 3. The Kier molecular flexibility index (Phi) is 5.23. The molecule has 2 N–H and O–H groups in total. The first kappa shape index (κ1) is 16.9. The van der Waals surface area contributed by atoms with Gasteiger partial charge in [0.2, 0.25) is 5.95 Å². The standard InChI is InChI=1S/C20H23N5/c1-4-15-9-11-17(12-10-15)22-20-24-18(13-21-25-20)23-19-14(3)7-6-8-16(19)5-2/h6-13H,4-5H2,1-3H3,(H2,22,23,24,25). The van der Waals surface area contributed by atoms with Crippen molar-refractivity contribution in [3.05, 3.63) is 65.4 Å². The molecule has 1 heterocycles. The third kappa shape index (κ3) is 4.12. The smallest absolute Gasteiger partial charge is 0.249 e. The summed E-state index contributed by atoms with van der Waals surface area (Å²) in [4.78, 5) is 4.53. The highest BCUT2D eigenvalue weighted by Crippen LogP contribution is 2.24. The van der Waals surface area contributed by atoms with Crippen LogP contribution in [0, 0.1) is 6.92 Å². The maximum absolute atomic E-state index is 4.53. The first-order chi connectivity index (χ1) is 12.2. The molecule has 0 saturated heterocycles. The molecule has 5 nitrogen and oxygen atoms in total. The second-order valence-corrected chi connectivity index (χ2v) is 5.93. The number of aromatic nitrogens is 3. The summed E-state index contributed by atoms with van der Waals surface area (Å²) in [6.45, 7) is 6.37. The molecule has 0 spiro atoms. The lowest BCUT2D eigenvalue weighted by Gasteiger charge is -2.13. The van der Waals surface area contributed by atoms with Gasteiger partial charge in [0, 0.05) is 11.4 Å². The van der Waals surface area contributed by atoms with E-state index in [4.69, 9.17) is 0 Å². The van der Waals surface area contributed by atoms with Gasteiger partial charge in [-0.1, -0.05) is 44.2 Å². The van der Waals surface area contributed by atoms with Gasteiger partial charge in [-0.15, -0.1) is 5.10 Å². The van der Waals surface area contributed by atoms with Crippen molar-refractivity contribution in [2.75, 3.05) is 10.6 Å². The second-order valence-electron chi connectivity index (χ2n) is 5.93. The van der Waals surface area contributed by atoms with Crippen LogP contribution in [0.3, 0.4) is 0 Å². The van der Waals surface area contributed by atoms with Crippen LogP contribution in [-0.4, -0.2) is 15.2 Å². The Hall–Kier alpha value is -2.95. The predicted octanol–water partition coefficient (Wildman–Crippen LogP) is 4.79. The third-order valence-electron chi connectivity index (χ3n) is 4.17. The van der Waals surface area contributed by atoms with E-state index >= 15 is 0 Å². The lowest BCUT2D eigenvalue weighted by atomic mass is 10.1. The average Bonchev–Trinajstić information content (AvgIpc) is 2.64. The number of rotatable bonds is 6. The maximum atomic E-state index is 4.53. The molecule has 0 aliphatic carbocycles. The maximum Gasteiger partial charge on any atom is 0.249 e. The molecule has 3 rings (SSSR count). The van der Waals surface area contributed by atoms with Gasteiger partial charge in [0.1, 0.15) is 0 Å². The molecule has 25 heavy (non-hydrogen) atoms. The topological polar surface area (TPSA) is 62.7 Å². The number of benzene rings is 2. The van der Waals surface area contributed by atoms with Crippen molar-refractivity contribution in [1.82, 2.24) is 15.2 Å². The van der Waals surface area contributed by atoms with Gasteiger partial charge >= 0.3 is 0 Å². The van der Waals surface area contributed by atoms with Gasteiger partial charge in [-0.3, -0.25) is 0 Å². The highest BCUT2D eigenvalue weighted by atomic mass is 15.3. The van der Waals surface area contributed by atoms with Crippen LogP contribution in [0.1, 0.15) is 30.5 Å². The number of anilines is 4. The van der Waals surface area contributed by atoms with Crippen LogP contribution in [0.4, 0.5) is 23.1 Å². The van der Waals surface area contributed by atoms with E-state index in [9.17, 15) is 0 Å². The van der Waals surface area contributed by atoms with Crippen LogP contribution in [0.15, 0.2) is 48.7 Å². The molecule has 3 aromatic rings. The van der Waals surface area contributed by atoms with E-state index in [1.165, 1.54) is 16.7 Å². The molecular formula is C20H23N5. The quantitative estimate of drug-likeness (QED) is 0.679. The van der Waals surface area contributed by atoms with E-state index < -0.39 is 0 Å². The zero-order chi connectivity index (χ0) is 17.6. The van der Waals surface area contributed by atoms with Crippen molar-refractivity contribution in [3.63, 3.8) is 0 Å². The molecule has 0 unspecified atom stereocenters. The van der Waals surface area contributed by atoms with Gasteiger partial charge < -0.3 is 10.6 Å². The average molecular weight is 333 g/mol. The van der Waals surface area contributed by atoms with E-state index in [2.05, 4.69) is 76.9 Å². The lowest BCUT2D eigenvalue weighted by molar-refractivity contribution is 0.980. The molecule has 0 fully saturated rings. The summed E-state index contributed by atoms with van der Waals surface area (Å²) in [5.41, 5.74) is 5.77. The van der Waals surface area contributed by atoms with Gasteiger partial charge in [0.05, 0.1) is 6.20 Å². The zero-order valence-corrected chi connectivity index (χ0v) is 14.9. The molecule has 0 aliphatic heterocycles. The molecule has 0 saturated carbocycles. The van der Waals surface area contributed by atoms with E-state index in [-0.39, 0.29) is 0 Å². The number of hydrogen-bond acceptors (Lipinski definition) is 5. The van der Waals surface area contributed by atoms with Crippen LogP contribution in [0.2, 0.25) is 0 Å². The summed E-state index contributed by atoms with van der Waals surface area (Å²) in [6.07, 6.45) is 3.61. The number of aryl methyl sites for hydroxylation is 3. The Morgan fingerprint density at radius 1 is 0.920 bits per heavy atom. The van der Waals surface area contributed by atoms with Crippen molar-refractivity contribution >= 4 is 23.1 Å². The fraction of sp³-hybridized carbons (Fsp3) is 0.250. The van der Waals surface area contributed by atoms with Gasteiger partial charge in [-0.25, -0.2) is 0 Å². The Bertz CT molecular complexity index is 843. The first-order valence-corrected chi connectivity index (χ1v) is 8.60. The number of para-hydroxylation sites is 1. The van der Waals surface area contributed by atoms with Crippen molar-refractivity contribution < 1.29 is 0 Å². The van der Waals surface area contributed by atoms with Crippen LogP contribution >= 0.6 is 0 Å². The summed E-state index contributed by atoms with van der Waals surface area (Å²) < 4.78 is 0. The van der Waals surface area contributed by atoms with Crippen molar-refractivity contribution in [3.8, 4) is 0 Å². The summed E-state index contributed by atoms with van der Waals surface area (Å²) in [6, 6.07) is 14.5. The van der Waals surface area contributed by atoms with Crippen molar-refractivity contribution in [1.29, 1.82) is 0 Å². The van der Waals surface area contributed by atoms with Crippen LogP contribution in [0.25, 0.3) is 0 Å². The molecule has 0 radical (unpaired) electrons. The van der Waals surface area contributed by atoms with Gasteiger partial charge in [-0.05, 0) is 48.6 Å². The summed E-state index contributed by atoms with van der Waals surface area (Å²) in [5.74, 6) is 1.15. The van der Waals surface area contributed by atoms with Gasteiger partial charge in [0.15, 0.2) is 5.82 Å². The molecule has 0 atom stereocenters. The normalized spacial score (nSPS) is 10.5. The fourth-order valence-corrected chi connectivity index (χ4v) is 2.70. The molecular weight excluding hydrogens is 310 g/mol. The summed E-state index contributed by atoms with van der Waals surface area (Å²) in [7, 11) is 0. The third-order valence-corrected chi connectivity index (χ3v) is 4.17. The monoisotopic (exact) mass is 333 g/mol. The predicted molar refractivity (Wildman–Crippen MR) is 103 cm³/mol. The highest BCUT2D eigenvalue weighted by molar-refractivity contribution is 5.65. The van der Waals surface area contributed by atoms with Crippen molar-refractivity contribution in [2.24, 2.45) is 0 Å². The van der Waals surface area contributed by atoms with Crippen LogP contribution < -0.4 is 10.6 Å². The molecule has 1 aromatic heterocycles. The van der Waals surface area contributed by atoms with E-state index in [1.807, 2.05) is 12.1 Å². The van der Waals surface area contributed by atoms with Crippen molar-refractivity contribution in [2.45, 2.75) is 33.6 Å². The Morgan fingerprint density at radius 3 is 2.44 bits per heavy atom. The SMILES string of the molecule is CCc1ccc(Nc2nncc(Nc3c(C)cccc3CC)n2)cc1. The Balaban J connectivity index is 1.80. The lowest BCUT2D eigenvalue weighted by Crippen LogP contribution is -2.04. The minimum Gasteiger partial charge on any atom is -0.338 e. The van der Waals surface area contributed by atoms with Gasteiger partial charge in [0.25, 0.3) is 0 Å². The minimum absolute atomic E-state index is 0.473. The second kappa shape index (κ2) is 7.75. The molecule has 0 amide bonds. The van der Waals surface area contributed by atoms with E-state index in [0.29, 0.717) is 11.8 Å². The van der Waals surface area contributed by atoms with E-state index in [0.717, 1.165) is 24.2 Å². The summed E-state index contributed by atoms with van der Waals surface area (Å²) >= 11 is 0. The highest BCUT2D eigenvalue weighted by Gasteiger charge is 2.07. The first-order valence-electron chi connectivity index (χ1n) is 8.60. The molecule has 128 valence electrons. The molecule has 0 aliphatic rings.